The largest absolute Gasteiger partial charge is 0.494 e. The molecule has 1 aromatic carbocycles. The highest BCUT2D eigenvalue weighted by Gasteiger charge is 2.40. The van der Waals surface area contributed by atoms with E-state index in [9.17, 15) is 14.4 Å². The van der Waals surface area contributed by atoms with Crippen molar-refractivity contribution in [3.63, 3.8) is 0 Å². The first-order chi connectivity index (χ1) is 10.0. The molecule has 0 spiro atoms. The first-order valence-corrected chi connectivity index (χ1v) is 7.51. The van der Waals surface area contributed by atoms with E-state index in [2.05, 4.69) is 0 Å². The van der Waals surface area contributed by atoms with Crippen LogP contribution in [0.1, 0.15) is 13.3 Å². The third kappa shape index (κ3) is 3.55. The van der Waals surface area contributed by atoms with Gasteiger partial charge in [0.1, 0.15) is 5.75 Å². The van der Waals surface area contributed by atoms with E-state index in [1.54, 1.807) is 24.3 Å². The molecule has 0 saturated carbocycles. The monoisotopic (exact) mass is 309 g/mol. The number of carbonyl (C=O) groups is 3. The van der Waals surface area contributed by atoms with Gasteiger partial charge in [-0.15, -0.1) is 11.8 Å². The first-order valence-electron chi connectivity index (χ1n) is 6.46. The highest BCUT2D eigenvalue weighted by atomic mass is 32.2. The van der Waals surface area contributed by atoms with Gasteiger partial charge in [-0.1, -0.05) is 0 Å². The number of imide groups is 1. The van der Waals surface area contributed by atoms with Crippen molar-refractivity contribution in [2.24, 2.45) is 0 Å². The fourth-order valence-corrected chi connectivity index (χ4v) is 2.89. The number of amides is 2. The molecule has 112 valence electrons. The number of carboxylic acid groups (broad SMARTS) is 1. The Hall–Kier alpha value is -2.02. The number of carboxylic acids is 1. The molecule has 0 aliphatic carbocycles. The average Bonchev–Trinajstić information content (AvgIpc) is 2.73. The van der Waals surface area contributed by atoms with E-state index < -0.39 is 11.2 Å². The number of benzene rings is 1. The Balaban J connectivity index is 2.10. The van der Waals surface area contributed by atoms with Gasteiger partial charge < -0.3 is 9.84 Å². The smallest absolute Gasteiger partial charge is 0.313 e. The van der Waals surface area contributed by atoms with Crippen molar-refractivity contribution >= 4 is 35.2 Å². The van der Waals surface area contributed by atoms with E-state index >= 15 is 0 Å². The molecule has 0 radical (unpaired) electrons. The summed E-state index contributed by atoms with van der Waals surface area (Å²) in [5.74, 6) is -1.21. The minimum absolute atomic E-state index is 0.0317. The summed E-state index contributed by atoms with van der Waals surface area (Å²) in [5, 5.41) is 8.02. The molecule has 21 heavy (non-hydrogen) atoms. The maximum Gasteiger partial charge on any atom is 0.313 e. The van der Waals surface area contributed by atoms with Gasteiger partial charge in [-0.2, -0.15) is 0 Å². The van der Waals surface area contributed by atoms with Crippen LogP contribution >= 0.6 is 11.8 Å². The van der Waals surface area contributed by atoms with Crippen LogP contribution in [0.4, 0.5) is 5.69 Å². The Morgan fingerprint density at radius 3 is 2.62 bits per heavy atom. The van der Waals surface area contributed by atoms with E-state index in [4.69, 9.17) is 9.84 Å². The van der Waals surface area contributed by atoms with Crippen molar-refractivity contribution in [2.45, 2.75) is 18.6 Å². The maximum absolute atomic E-state index is 12.2. The molecular formula is C14H15NO5S. The molecule has 2 rings (SSSR count). The van der Waals surface area contributed by atoms with E-state index in [0.717, 1.165) is 16.7 Å². The Morgan fingerprint density at radius 2 is 2.05 bits per heavy atom. The summed E-state index contributed by atoms with van der Waals surface area (Å²) in [6.45, 7) is 2.40. The SMILES string of the molecule is CCOc1ccc(N2C(=O)C[C@@H](SCC(=O)O)C2=O)cc1. The lowest BCUT2D eigenvalue weighted by atomic mass is 10.3. The minimum atomic E-state index is -1.00. The number of anilines is 1. The maximum atomic E-state index is 12.2. The van der Waals surface area contributed by atoms with Gasteiger partial charge in [0, 0.05) is 6.42 Å². The summed E-state index contributed by atoms with van der Waals surface area (Å²) in [4.78, 5) is 35.8. The van der Waals surface area contributed by atoms with Gasteiger partial charge in [0.15, 0.2) is 0 Å². The van der Waals surface area contributed by atoms with Crippen LogP contribution in [0.15, 0.2) is 24.3 Å². The molecule has 1 atom stereocenters. The molecule has 1 aromatic rings. The molecule has 1 aliphatic heterocycles. The zero-order valence-electron chi connectivity index (χ0n) is 11.4. The van der Waals surface area contributed by atoms with Gasteiger partial charge in [0.05, 0.1) is 23.3 Å². The lowest BCUT2D eigenvalue weighted by molar-refractivity contribution is -0.134. The van der Waals surface area contributed by atoms with Crippen molar-refractivity contribution in [3.05, 3.63) is 24.3 Å². The molecule has 7 heteroatoms. The molecular weight excluding hydrogens is 294 g/mol. The second-order valence-electron chi connectivity index (χ2n) is 4.39. The number of aliphatic carboxylic acids is 1. The van der Waals surface area contributed by atoms with Gasteiger partial charge >= 0.3 is 5.97 Å². The first kappa shape index (κ1) is 15.4. The molecule has 1 heterocycles. The Kier molecular flexibility index (Phi) is 4.85. The highest BCUT2D eigenvalue weighted by Crippen LogP contribution is 2.30. The topological polar surface area (TPSA) is 83.9 Å². The van der Waals surface area contributed by atoms with Crippen LogP contribution in [-0.2, 0) is 14.4 Å². The third-order valence-corrected chi connectivity index (χ3v) is 4.10. The minimum Gasteiger partial charge on any atom is -0.494 e. The number of hydrogen-bond acceptors (Lipinski definition) is 5. The fraction of sp³-hybridized carbons (Fsp3) is 0.357. The third-order valence-electron chi connectivity index (χ3n) is 2.92. The van der Waals surface area contributed by atoms with E-state index in [1.165, 1.54) is 0 Å². The Bertz CT molecular complexity index is 557. The van der Waals surface area contributed by atoms with Gasteiger partial charge in [0.2, 0.25) is 11.8 Å². The number of rotatable bonds is 6. The number of nitrogens with zero attached hydrogens (tertiary/aromatic N) is 1. The average molecular weight is 309 g/mol. The van der Waals surface area contributed by atoms with Crippen LogP contribution in [0.3, 0.4) is 0 Å². The summed E-state index contributed by atoms with van der Waals surface area (Å²) < 4.78 is 5.31. The van der Waals surface area contributed by atoms with Crippen LogP contribution in [0.5, 0.6) is 5.75 Å². The molecule has 1 saturated heterocycles. The van der Waals surface area contributed by atoms with Gasteiger partial charge in [0.25, 0.3) is 0 Å². The van der Waals surface area contributed by atoms with E-state index in [1.807, 2.05) is 6.92 Å². The van der Waals surface area contributed by atoms with Crippen molar-refractivity contribution < 1.29 is 24.2 Å². The summed E-state index contributed by atoms with van der Waals surface area (Å²) in [5.41, 5.74) is 0.479. The van der Waals surface area contributed by atoms with Crippen LogP contribution in [0.2, 0.25) is 0 Å². The standard InChI is InChI=1S/C14H15NO5S/c1-2-20-10-5-3-9(4-6-10)15-12(16)7-11(14(15)19)21-8-13(17)18/h3-6,11H,2,7-8H2,1H3,(H,17,18)/t11-/m1/s1. The second-order valence-corrected chi connectivity index (χ2v) is 5.58. The van der Waals surface area contributed by atoms with Gasteiger partial charge in [-0.25, -0.2) is 4.90 Å². The summed E-state index contributed by atoms with van der Waals surface area (Å²) in [6.07, 6.45) is 0.0317. The second kappa shape index (κ2) is 6.62. The fourth-order valence-electron chi connectivity index (χ4n) is 2.04. The van der Waals surface area contributed by atoms with Crippen LogP contribution in [0, 0.1) is 0 Å². The van der Waals surface area contributed by atoms with Gasteiger partial charge in [-0.3, -0.25) is 14.4 Å². The van der Waals surface area contributed by atoms with Crippen molar-refractivity contribution in [1.29, 1.82) is 0 Å². The summed E-state index contributed by atoms with van der Waals surface area (Å²) >= 11 is 0.977. The molecule has 6 nitrogen and oxygen atoms in total. The lowest BCUT2D eigenvalue weighted by Crippen LogP contribution is -2.31. The Labute approximate surface area is 126 Å². The molecule has 0 unspecified atom stereocenters. The highest BCUT2D eigenvalue weighted by molar-refractivity contribution is 8.01. The predicted octanol–water partition coefficient (Wildman–Crippen LogP) is 1.53. The number of ether oxygens (including phenoxy) is 1. The summed E-state index contributed by atoms with van der Waals surface area (Å²) in [7, 11) is 0. The van der Waals surface area contributed by atoms with Gasteiger partial charge in [-0.05, 0) is 31.2 Å². The number of hydrogen-bond donors (Lipinski definition) is 1. The van der Waals surface area contributed by atoms with E-state index in [0.29, 0.717) is 18.0 Å². The molecule has 2 amide bonds. The number of thioether (sulfide) groups is 1. The zero-order valence-corrected chi connectivity index (χ0v) is 12.3. The van der Waals surface area contributed by atoms with E-state index in [-0.39, 0.29) is 24.0 Å². The van der Waals surface area contributed by atoms with Crippen molar-refractivity contribution in [2.75, 3.05) is 17.3 Å². The normalized spacial score (nSPS) is 18.1. The van der Waals surface area contributed by atoms with Crippen molar-refractivity contribution in [3.8, 4) is 5.75 Å². The van der Waals surface area contributed by atoms with Crippen LogP contribution in [-0.4, -0.2) is 40.5 Å². The predicted molar refractivity (Wildman–Crippen MR) is 78.6 cm³/mol. The molecule has 1 fully saturated rings. The number of carbonyl (C=O) groups excluding carboxylic acids is 2. The Morgan fingerprint density at radius 1 is 1.38 bits per heavy atom. The van der Waals surface area contributed by atoms with Crippen LogP contribution < -0.4 is 9.64 Å². The molecule has 1 aliphatic rings. The van der Waals surface area contributed by atoms with Crippen LogP contribution in [0.25, 0.3) is 0 Å². The quantitative estimate of drug-likeness (QED) is 0.802. The molecule has 0 bridgehead atoms. The lowest BCUT2D eigenvalue weighted by Gasteiger charge is -2.15. The molecule has 1 N–H and O–H groups in total. The van der Waals surface area contributed by atoms with Crippen molar-refractivity contribution in [1.82, 2.24) is 0 Å². The molecule has 0 aromatic heterocycles. The summed E-state index contributed by atoms with van der Waals surface area (Å²) in [6, 6.07) is 6.67. The zero-order chi connectivity index (χ0) is 15.4.